The van der Waals surface area contributed by atoms with Crippen LogP contribution in [0.25, 0.3) is 0 Å². The molecule has 1 aromatic rings. The zero-order valence-electron chi connectivity index (χ0n) is 20.0. The van der Waals surface area contributed by atoms with Gasteiger partial charge in [-0.3, -0.25) is 9.69 Å². The van der Waals surface area contributed by atoms with Crippen molar-refractivity contribution < 1.29 is 14.7 Å². The van der Waals surface area contributed by atoms with Gasteiger partial charge in [0.15, 0.2) is 0 Å². The van der Waals surface area contributed by atoms with Crippen molar-refractivity contribution in [3.63, 3.8) is 0 Å². The highest BCUT2D eigenvalue weighted by Crippen LogP contribution is 2.70. The second-order valence-corrected chi connectivity index (χ2v) is 12.3. The third-order valence-electron chi connectivity index (χ3n) is 7.79. The molecule has 0 radical (unpaired) electrons. The van der Waals surface area contributed by atoms with Gasteiger partial charge in [-0.25, -0.2) is 4.79 Å². The molecule has 6 heteroatoms. The van der Waals surface area contributed by atoms with Crippen LogP contribution in [-0.4, -0.2) is 27.5 Å². The molecule has 174 valence electrons. The van der Waals surface area contributed by atoms with Gasteiger partial charge >= 0.3 is 12.0 Å². The largest absolute Gasteiger partial charge is 0.481 e. The minimum Gasteiger partial charge on any atom is -0.481 e. The van der Waals surface area contributed by atoms with Gasteiger partial charge in [-0.05, 0) is 73.1 Å². The summed E-state index contributed by atoms with van der Waals surface area (Å²) < 4.78 is 0. The molecule has 1 aliphatic heterocycles. The number of benzene rings is 1. The number of aliphatic carboxylic acids is 1. The number of hydrogen-bond acceptors (Lipinski definition) is 2. The van der Waals surface area contributed by atoms with Gasteiger partial charge in [-0.1, -0.05) is 58.4 Å². The molecule has 3 fully saturated rings. The summed E-state index contributed by atoms with van der Waals surface area (Å²) in [4.78, 5) is 26.5. The van der Waals surface area contributed by atoms with Gasteiger partial charge < -0.3 is 10.4 Å². The lowest BCUT2D eigenvalue weighted by Gasteiger charge is -2.71. The molecule has 3 saturated carbocycles. The van der Waals surface area contributed by atoms with Crippen LogP contribution in [0.4, 0.5) is 4.79 Å². The molecule has 1 aromatic carbocycles. The molecule has 0 saturated heterocycles. The monoisotopic (exact) mass is 458 g/mol. The fraction of sp³-hybridized carbons (Fsp3) is 0.615. The molecule has 0 unspecified atom stereocenters. The maximum absolute atomic E-state index is 13.2. The van der Waals surface area contributed by atoms with Crippen LogP contribution in [0.3, 0.4) is 0 Å². The minimum absolute atomic E-state index is 0.163. The summed E-state index contributed by atoms with van der Waals surface area (Å²) >= 11 is 6.69. The lowest BCUT2D eigenvalue weighted by atomic mass is 9.38. The highest BCUT2D eigenvalue weighted by atomic mass is 35.5. The van der Waals surface area contributed by atoms with Gasteiger partial charge in [-0.15, -0.1) is 0 Å². The molecule has 0 spiro atoms. The summed E-state index contributed by atoms with van der Waals surface area (Å²) in [5, 5.41) is 13.4. The van der Waals surface area contributed by atoms with Gasteiger partial charge in [0.25, 0.3) is 0 Å². The van der Waals surface area contributed by atoms with Crippen LogP contribution >= 0.6 is 11.6 Å². The van der Waals surface area contributed by atoms with Crippen LogP contribution in [-0.2, 0) is 16.8 Å². The van der Waals surface area contributed by atoms with E-state index in [9.17, 15) is 14.7 Å². The van der Waals surface area contributed by atoms with Gasteiger partial charge in [0.2, 0.25) is 0 Å². The highest BCUT2D eigenvalue weighted by Gasteiger charge is 2.75. The molecule has 1 heterocycles. The Morgan fingerprint density at radius 2 is 1.88 bits per heavy atom. The van der Waals surface area contributed by atoms with E-state index in [0.29, 0.717) is 19.3 Å². The Hall–Kier alpha value is -2.01. The van der Waals surface area contributed by atoms with E-state index >= 15 is 0 Å². The first kappa shape index (κ1) is 23.2. The van der Waals surface area contributed by atoms with Crippen LogP contribution < -0.4 is 5.32 Å². The van der Waals surface area contributed by atoms with E-state index in [0.717, 1.165) is 34.6 Å². The Labute approximate surface area is 196 Å². The maximum atomic E-state index is 13.2. The first-order chi connectivity index (χ1) is 14.7. The summed E-state index contributed by atoms with van der Waals surface area (Å²) in [7, 11) is 0. The van der Waals surface area contributed by atoms with E-state index in [2.05, 4.69) is 52.1 Å². The van der Waals surface area contributed by atoms with Gasteiger partial charge in [0.1, 0.15) is 0 Å². The molecule has 32 heavy (non-hydrogen) atoms. The first-order valence-corrected chi connectivity index (χ1v) is 12.0. The molecule has 2 N–H and O–H groups in total. The number of urea groups is 1. The summed E-state index contributed by atoms with van der Waals surface area (Å²) in [6.45, 7) is 13.0. The molecule has 4 aliphatic rings. The number of halogens is 1. The quantitative estimate of drug-likeness (QED) is 0.540. The van der Waals surface area contributed by atoms with Crippen molar-refractivity contribution >= 4 is 23.6 Å². The molecule has 5 rings (SSSR count). The lowest BCUT2D eigenvalue weighted by Crippen LogP contribution is -2.78. The third kappa shape index (κ3) is 3.53. The number of nitrogens with one attached hydrogen (secondary N) is 1. The zero-order valence-corrected chi connectivity index (χ0v) is 20.8. The van der Waals surface area contributed by atoms with Crippen LogP contribution in [0, 0.1) is 16.7 Å². The molecule has 0 aromatic heterocycles. The third-order valence-corrected chi connectivity index (χ3v) is 8.14. The van der Waals surface area contributed by atoms with Crippen molar-refractivity contribution in [2.45, 2.75) is 84.7 Å². The van der Waals surface area contributed by atoms with Crippen LogP contribution in [0.5, 0.6) is 0 Å². The van der Waals surface area contributed by atoms with Crippen molar-refractivity contribution in [2.24, 2.45) is 16.7 Å². The number of nitrogens with zero attached hydrogens (tertiary/aromatic N) is 1. The minimum atomic E-state index is -0.740. The van der Waals surface area contributed by atoms with Crippen LogP contribution in [0.2, 0.25) is 5.02 Å². The van der Waals surface area contributed by atoms with Gasteiger partial charge in [0, 0.05) is 11.2 Å². The van der Waals surface area contributed by atoms with Gasteiger partial charge in [0.05, 0.1) is 16.5 Å². The standard InChI is InChI=1S/C26H35ClN2O3/c1-16(2)19-12-29(26-13-25(14-26,15-26)21(30)31)22(32)28-24(19,6)18-8-7-17(20(27)11-18)9-10-23(3,4)5/h7-8,11-12,16H,9-10,13-15H2,1-6H3,(H,28,32)(H,30,31)/t24-,25?,26?/m0/s1. The van der Waals surface area contributed by atoms with Crippen molar-refractivity contribution in [3.05, 3.63) is 46.1 Å². The Morgan fingerprint density at radius 3 is 2.38 bits per heavy atom. The second-order valence-electron chi connectivity index (χ2n) is 11.9. The van der Waals surface area contributed by atoms with E-state index in [1.54, 1.807) is 4.90 Å². The average molecular weight is 459 g/mol. The smallest absolute Gasteiger partial charge is 0.322 e. The lowest BCUT2D eigenvalue weighted by molar-refractivity contribution is -0.215. The fourth-order valence-electron chi connectivity index (χ4n) is 5.78. The first-order valence-electron chi connectivity index (χ1n) is 11.6. The zero-order chi connectivity index (χ0) is 23.7. The number of carbonyl (C=O) groups excluding carboxylic acids is 1. The van der Waals surface area contributed by atoms with Gasteiger partial charge in [-0.2, -0.15) is 0 Å². The topological polar surface area (TPSA) is 69.6 Å². The molecule has 1 atom stereocenters. The molecule has 3 aliphatic carbocycles. The number of rotatable bonds is 6. The SMILES string of the molecule is CC(C)C1=CN(C23CC(C(=O)O)(C2)C3)C(=O)N[C@@]1(C)c1ccc(CCC(C)(C)C)c(Cl)c1. The summed E-state index contributed by atoms with van der Waals surface area (Å²) in [5.41, 5.74) is 1.80. The Balaban J connectivity index is 1.62. The maximum Gasteiger partial charge on any atom is 0.322 e. The fourth-order valence-corrected chi connectivity index (χ4v) is 6.05. The predicted octanol–water partition coefficient (Wildman–Crippen LogP) is 6.11. The number of aryl methyl sites for hydroxylation is 1. The van der Waals surface area contributed by atoms with E-state index < -0.39 is 16.9 Å². The number of hydrogen-bond donors (Lipinski definition) is 2. The second kappa shape index (κ2) is 7.24. The molecular formula is C26H35ClN2O3. The van der Waals surface area contributed by atoms with Crippen molar-refractivity contribution in [3.8, 4) is 0 Å². The summed E-state index contributed by atoms with van der Waals surface area (Å²) in [6.07, 6.45) is 5.56. The number of carboxylic acid groups (broad SMARTS) is 1. The van der Waals surface area contributed by atoms with E-state index in [4.69, 9.17) is 11.6 Å². The molecular weight excluding hydrogens is 424 g/mol. The highest BCUT2D eigenvalue weighted by molar-refractivity contribution is 6.31. The normalized spacial score (nSPS) is 31.6. The number of amides is 2. The Bertz CT molecular complexity index is 987. The average Bonchev–Trinajstić information content (AvgIpc) is 2.58. The van der Waals surface area contributed by atoms with Crippen molar-refractivity contribution in [1.82, 2.24) is 10.2 Å². The Morgan fingerprint density at radius 1 is 1.25 bits per heavy atom. The van der Waals surface area contributed by atoms with Crippen molar-refractivity contribution in [2.75, 3.05) is 0 Å². The number of carbonyl (C=O) groups is 2. The van der Waals surface area contributed by atoms with Crippen LogP contribution in [0.15, 0.2) is 30.0 Å². The molecule has 2 amide bonds. The number of carboxylic acids is 1. The summed E-state index contributed by atoms with van der Waals surface area (Å²) in [6, 6.07) is 5.99. The van der Waals surface area contributed by atoms with E-state index in [1.165, 1.54) is 0 Å². The van der Waals surface area contributed by atoms with E-state index in [1.807, 2.05) is 19.2 Å². The predicted molar refractivity (Wildman–Crippen MR) is 127 cm³/mol. The molecule has 2 bridgehead atoms. The van der Waals surface area contributed by atoms with E-state index in [-0.39, 0.29) is 22.9 Å². The Kier molecular flexibility index (Phi) is 5.24. The summed E-state index contributed by atoms with van der Waals surface area (Å²) in [5.74, 6) is -0.542. The van der Waals surface area contributed by atoms with Crippen molar-refractivity contribution in [1.29, 1.82) is 0 Å². The van der Waals surface area contributed by atoms with Crippen LogP contribution in [0.1, 0.15) is 78.4 Å². The molecule has 5 nitrogen and oxygen atoms in total.